The van der Waals surface area contributed by atoms with Crippen LogP contribution in [0, 0.1) is 0 Å². The SMILES string of the molecule is CCOOC(=O)[C@H](CC)NP(=O)(CCNC(=O)OCc1ccccc1)Oc1ccccc1. The quantitative estimate of drug-likeness (QED) is 0.259. The van der Waals surface area contributed by atoms with Crippen molar-refractivity contribution >= 4 is 19.6 Å². The molecule has 2 aromatic carbocycles. The van der Waals surface area contributed by atoms with E-state index >= 15 is 0 Å². The summed E-state index contributed by atoms with van der Waals surface area (Å²) in [5.41, 5.74) is 0.848. The molecule has 0 radical (unpaired) electrons. The lowest BCUT2D eigenvalue weighted by Crippen LogP contribution is -2.38. The lowest BCUT2D eigenvalue weighted by molar-refractivity contribution is -0.271. The van der Waals surface area contributed by atoms with E-state index < -0.39 is 25.6 Å². The van der Waals surface area contributed by atoms with Crippen LogP contribution in [0.5, 0.6) is 5.75 Å². The number of amides is 1. The summed E-state index contributed by atoms with van der Waals surface area (Å²) in [7, 11) is -3.61. The van der Waals surface area contributed by atoms with Crippen LogP contribution >= 0.6 is 7.52 Å². The highest BCUT2D eigenvalue weighted by Gasteiger charge is 2.32. The number of alkyl carbamates (subject to hydrolysis) is 1. The van der Waals surface area contributed by atoms with Crippen LogP contribution in [0.2, 0.25) is 0 Å². The Morgan fingerprint density at radius 2 is 1.66 bits per heavy atom. The Hall–Kier alpha value is -2.87. The van der Waals surface area contributed by atoms with Crippen molar-refractivity contribution in [1.82, 2.24) is 10.4 Å². The van der Waals surface area contributed by atoms with Gasteiger partial charge in [-0.25, -0.2) is 14.7 Å². The van der Waals surface area contributed by atoms with Gasteiger partial charge in [-0.3, -0.25) is 9.45 Å². The fraction of sp³-hybridized carbons (Fsp3) is 0.364. The molecule has 0 aliphatic heterocycles. The zero-order chi connectivity index (χ0) is 23.2. The Kier molecular flexibility index (Phi) is 10.7. The van der Waals surface area contributed by atoms with Crippen molar-refractivity contribution in [3.05, 3.63) is 66.2 Å². The lowest BCUT2D eigenvalue weighted by Gasteiger charge is -2.24. The maximum atomic E-state index is 13.5. The van der Waals surface area contributed by atoms with Crippen molar-refractivity contribution in [2.75, 3.05) is 19.3 Å². The van der Waals surface area contributed by atoms with Gasteiger partial charge in [0, 0.05) is 6.54 Å². The van der Waals surface area contributed by atoms with Gasteiger partial charge in [-0.15, -0.1) is 0 Å². The number of benzene rings is 2. The van der Waals surface area contributed by atoms with E-state index in [1.807, 2.05) is 30.3 Å². The summed E-state index contributed by atoms with van der Waals surface area (Å²) < 4.78 is 24.4. The lowest BCUT2D eigenvalue weighted by atomic mass is 10.2. The molecule has 10 heteroatoms. The Morgan fingerprint density at radius 3 is 2.28 bits per heavy atom. The average molecular weight is 464 g/mol. The summed E-state index contributed by atoms with van der Waals surface area (Å²) in [5.74, 6) is -0.343. The maximum absolute atomic E-state index is 13.5. The smallest absolute Gasteiger partial charge is 0.407 e. The van der Waals surface area contributed by atoms with Gasteiger partial charge in [-0.05, 0) is 31.0 Å². The van der Waals surface area contributed by atoms with Gasteiger partial charge >= 0.3 is 19.6 Å². The van der Waals surface area contributed by atoms with Crippen LogP contribution in [0.15, 0.2) is 60.7 Å². The monoisotopic (exact) mass is 464 g/mol. The second-order valence-electron chi connectivity index (χ2n) is 6.69. The molecule has 2 rings (SSSR count). The molecule has 174 valence electrons. The van der Waals surface area contributed by atoms with Gasteiger partial charge in [-0.2, -0.15) is 4.89 Å². The minimum absolute atomic E-state index is 0.00166. The molecule has 2 atom stereocenters. The van der Waals surface area contributed by atoms with E-state index in [0.29, 0.717) is 12.2 Å². The van der Waals surface area contributed by atoms with Crippen molar-refractivity contribution in [3.63, 3.8) is 0 Å². The Morgan fingerprint density at radius 1 is 1.00 bits per heavy atom. The van der Waals surface area contributed by atoms with E-state index in [0.717, 1.165) is 5.56 Å². The molecule has 2 N–H and O–H groups in total. The zero-order valence-electron chi connectivity index (χ0n) is 18.2. The number of carbonyl (C=O) groups is 2. The van der Waals surface area contributed by atoms with Crippen molar-refractivity contribution in [3.8, 4) is 5.75 Å². The Labute approximate surface area is 187 Å². The second kappa shape index (κ2) is 13.5. The Bertz CT molecular complexity index is 880. The van der Waals surface area contributed by atoms with E-state index in [4.69, 9.17) is 14.1 Å². The molecule has 0 spiro atoms. The molecular weight excluding hydrogens is 435 g/mol. The van der Waals surface area contributed by atoms with E-state index in [-0.39, 0.29) is 25.9 Å². The average Bonchev–Trinajstić information content (AvgIpc) is 2.81. The molecule has 0 aliphatic rings. The van der Waals surface area contributed by atoms with Crippen LogP contribution in [0.1, 0.15) is 25.8 Å². The summed E-state index contributed by atoms with van der Waals surface area (Å²) in [5, 5.41) is 5.31. The molecule has 0 bridgehead atoms. The molecule has 0 aliphatic carbocycles. The first-order valence-electron chi connectivity index (χ1n) is 10.3. The van der Waals surface area contributed by atoms with Crippen LogP contribution in [-0.2, 0) is 30.5 Å². The van der Waals surface area contributed by atoms with Crippen LogP contribution in [0.4, 0.5) is 4.79 Å². The minimum atomic E-state index is -3.61. The molecule has 0 fully saturated rings. The van der Waals surface area contributed by atoms with E-state index in [2.05, 4.69) is 15.3 Å². The van der Waals surface area contributed by atoms with Crippen LogP contribution in [0.25, 0.3) is 0 Å². The highest BCUT2D eigenvalue weighted by atomic mass is 31.2. The standard InChI is InChI=1S/C22H29N2O7P/c1-3-20(21(25)30-29-4-2)24-32(27,31-19-13-9-6-10-14-19)16-15-23-22(26)28-17-18-11-7-5-8-12-18/h5-14,20H,3-4,15-17H2,1-2H3,(H,23,26)(H,24,27)/t20-,32?/m0/s1. The van der Waals surface area contributed by atoms with Crippen LogP contribution in [0.3, 0.4) is 0 Å². The van der Waals surface area contributed by atoms with E-state index in [1.54, 1.807) is 44.2 Å². The predicted molar refractivity (Wildman–Crippen MR) is 119 cm³/mol. The summed E-state index contributed by atoms with van der Waals surface area (Å²) >= 11 is 0. The summed E-state index contributed by atoms with van der Waals surface area (Å²) in [6.45, 7) is 3.71. The fourth-order valence-electron chi connectivity index (χ4n) is 2.59. The number of ether oxygens (including phenoxy) is 1. The van der Waals surface area contributed by atoms with Gasteiger partial charge < -0.3 is 14.6 Å². The summed E-state index contributed by atoms with van der Waals surface area (Å²) in [6.07, 6.45) is -0.440. The molecule has 1 unspecified atom stereocenters. The number of hydrogen-bond acceptors (Lipinski definition) is 7. The van der Waals surface area contributed by atoms with Gasteiger partial charge in [0.15, 0.2) is 0 Å². The number of nitrogens with one attached hydrogen (secondary N) is 2. The molecule has 9 nitrogen and oxygen atoms in total. The summed E-state index contributed by atoms with van der Waals surface area (Å²) in [4.78, 5) is 33.6. The molecule has 2 aromatic rings. The first-order valence-corrected chi connectivity index (χ1v) is 12.2. The molecule has 0 heterocycles. The molecule has 0 saturated heterocycles. The predicted octanol–water partition coefficient (Wildman–Crippen LogP) is 4.05. The van der Waals surface area contributed by atoms with Crippen LogP contribution in [-0.4, -0.2) is 37.4 Å². The maximum Gasteiger partial charge on any atom is 0.407 e. The largest absolute Gasteiger partial charge is 0.445 e. The highest BCUT2D eigenvalue weighted by molar-refractivity contribution is 7.57. The molecular formula is C22H29N2O7P. The number of para-hydroxylation sites is 1. The topological polar surface area (TPSA) is 112 Å². The van der Waals surface area contributed by atoms with E-state index in [1.165, 1.54) is 0 Å². The van der Waals surface area contributed by atoms with E-state index in [9.17, 15) is 14.2 Å². The van der Waals surface area contributed by atoms with Crippen molar-refractivity contribution in [2.24, 2.45) is 0 Å². The molecule has 1 amide bonds. The van der Waals surface area contributed by atoms with Crippen molar-refractivity contribution in [2.45, 2.75) is 32.9 Å². The molecule has 0 saturated carbocycles. The Balaban J connectivity index is 1.96. The van der Waals surface area contributed by atoms with Gasteiger partial charge in [-0.1, -0.05) is 55.5 Å². The first-order chi connectivity index (χ1) is 15.5. The van der Waals surface area contributed by atoms with Crippen molar-refractivity contribution in [1.29, 1.82) is 0 Å². The number of rotatable bonds is 13. The van der Waals surface area contributed by atoms with Gasteiger partial charge in [0.05, 0.1) is 12.8 Å². The second-order valence-corrected chi connectivity index (χ2v) is 8.92. The third-order valence-electron chi connectivity index (χ3n) is 4.19. The van der Waals surface area contributed by atoms with Gasteiger partial charge in [0.1, 0.15) is 18.4 Å². The molecule has 32 heavy (non-hydrogen) atoms. The zero-order valence-corrected chi connectivity index (χ0v) is 19.1. The third kappa shape index (κ3) is 9.09. The fourth-order valence-corrected chi connectivity index (χ4v) is 4.50. The van der Waals surface area contributed by atoms with Gasteiger partial charge in [0.2, 0.25) is 0 Å². The third-order valence-corrected chi connectivity index (χ3v) is 6.21. The molecule has 0 aromatic heterocycles. The number of hydrogen-bond donors (Lipinski definition) is 2. The minimum Gasteiger partial charge on any atom is -0.445 e. The van der Waals surface area contributed by atoms with Crippen LogP contribution < -0.4 is 14.9 Å². The first kappa shape index (κ1) is 25.4. The van der Waals surface area contributed by atoms with Gasteiger partial charge in [0.25, 0.3) is 0 Å². The number of carbonyl (C=O) groups excluding carboxylic acids is 2. The van der Waals surface area contributed by atoms with Crippen molar-refractivity contribution < 1.29 is 33.2 Å². The summed E-state index contributed by atoms with van der Waals surface area (Å²) in [6, 6.07) is 16.9. The normalized spacial score (nSPS) is 13.4. The highest BCUT2D eigenvalue weighted by Crippen LogP contribution is 2.43.